The maximum absolute atomic E-state index is 12.0. The fourth-order valence-electron chi connectivity index (χ4n) is 3.58. The Kier molecular flexibility index (Phi) is 3.62. The van der Waals surface area contributed by atoms with Crippen LogP contribution in [-0.4, -0.2) is 9.91 Å². The topological polar surface area (TPSA) is 69.1 Å². The summed E-state index contributed by atoms with van der Waals surface area (Å²) >= 11 is 0. The zero-order valence-corrected chi connectivity index (χ0v) is 14.6. The first-order valence-corrected chi connectivity index (χ1v) is 8.73. The van der Waals surface area contributed by atoms with Crippen molar-refractivity contribution in [3.8, 4) is 5.75 Å². The number of aromatic nitrogens is 2. The van der Waals surface area contributed by atoms with Crippen LogP contribution in [0, 0.1) is 10.1 Å². The molecule has 0 fully saturated rings. The quantitative estimate of drug-likeness (QED) is 0.202. The van der Waals surface area contributed by atoms with Gasteiger partial charge < -0.3 is 0 Å². The summed E-state index contributed by atoms with van der Waals surface area (Å²) in [6.45, 7) is 0. The van der Waals surface area contributed by atoms with Crippen LogP contribution in [0.3, 0.4) is 0 Å². The molecule has 0 saturated carbocycles. The molecule has 0 aliphatic rings. The zero-order valence-electron chi connectivity index (χ0n) is 14.6. The number of non-ortho nitro benzene ring substituents is 1. The first-order valence-electron chi connectivity index (χ1n) is 8.73. The summed E-state index contributed by atoms with van der Waals surface area (Å²) in [6, 6.07) is 18.9. The van der Waals surface area contributed by atoms with E-state index in [0.29, 0.717) is 21.9 Å². The highest BCUT2D eigenvalue weighted by Gasteiger charge is 2.23. The molecule has 6 heteroatoms. The van der Waals surface area contributed by atoms with Crippen LogP contribution in [0.1, 0.15) is 0 Å². The molecule has 0 saturated heterocycles. The van der Waals surface area contributed by atoms with Crippen LogP contribution < -0.4 is 9.57 Å². The van der Waals surface area contributed by atoms with Crippen LogP contribution in [0.2, 0.25) is 0 Å². The molecule has 0 aliphatic heterocycles. The molecular formula is C22H14N3O3+. The number of nitrogens with zero attached hydrogens (tertiary/aromatic N) is 3. The van der Waals surface area contributed by atoms with Crippen molar-refractivity contribution in [1.82, 2.24) is 4.98 Å². The van der Waals surface area contributed by atoms with Crippen LogP contribution in [0.4, 0.5) is 5.69 Å². The van der Waals surface area contributed by atoms with Gasteiger partial charge in [-0.05, 0) is 29.0 Å². The second-order valence-electron chi connectivity index (χ2n) is 6.42. The van der Waals surface area contributed by atoms with Gasteiger partial charge in [0.25, 0.3) is 5.69 Å². The smallest absolute Gasteiger partial charge is 0.258 e. The maximum atomic E-state index is 12.0. The predicted molar refractivity (Wildman–Crippen MR) is 106 cm³/mol. The van der Waals surface area contributed by atoms with Gasteiger partial charge in [-0.3, -0.25) is 15.1 Å². The minimum absolute atomic E-state index is 0.0865. The fraction of sp³-hybridized carbons (Fsp3) is 0. The molecule has 4 aromatic carbocycles. The molecule has 5 rings (SSSR count). The second kappa shape index (κ2) is 6.28. The minimum atomic E-state index is -0.317. The van der Waals surface area contributed by atoms with Crippen molar-refractivity contribution in [3.63, 3.8) is 0 Å². The van der Waals surface area contributed by atoms with Crippen LogP contribution in [0.5, 0.6) is 5.75 Å². The highest BCUT2D eigenvalue weighted by Crippen LogP contribution is 2.42. The SMILES string of the molecule is O=[N+]([O-])c1c2ccccc2cc2c(O[n+]3ccncc3)c3ccccc3cc12. The van der Waals surface area contributed by atoms with E-state index in [1.165, 1.54) is 4.73 Å². The third kappa shape index (κ3) is 2.51. The number of benzene rings is 4. The predicted octanol–water partition coefficient (Wildman–Crippen LogP) is 4.58. The van der Waals surface area contributed by atoms with E-state index in [-0.39, 0.29) is 10.6 Å². The lowest BCUT2D eigenvalue weighted by Crippen LogP contribution is -2.38. The number of fused-ring (bicyclic) bond motifs is 3. The third-order valence-corrected chi connectivity index (χ3v) is 4.79. The summed E-state index contributed by atoms with van der Waals surface area (Å²) in [7, 11) is 0. The lowest BCUT2D eigenvalue weighted by molar-refractivity contribution is -0.874. The molecule has 0 atom stereocenters. The molecule has 1 aromatic heterocycles. The van der Waals surface area contributed by atoms with Crippen molar-refractivity contribution >= 4 is 38.0 Å². The first kappa shape index (κ1) is 16.1. The van der Waals surface area contributed by atoms with Crippen molar-refractivity contribution in [2.24, 2.45) is 0 Å². The summed E-state index contributed by atoms with van der Waals surface area (Å²) in [5.41, 5.74) is 0.0865. The molecule has 0 spiro atoms. The van der Waals surface area contributed by atoms with E-state index in [1.807, 2.05) is 54.6 Å². The molecule has 6 nitrogen and oxygen atoms in total. The van der Waals surface area contributed by atoms with Gasteiger partial charge in [0.1, 0.15) is 0 Å². The van der Waals surface area contributed by atoms with Crippen LogP contribution in [-0.2, 0) is 0 Å². The van der Waals surface area contributed by atoms with Crippen LogP contribution >= 0.6 is 0 Å². The van der Waals surface area contributed by atoms with E-state index in [9.17, 15) is 10.1 Å². The Hall–Kier alpha value is -4.06. The van der Waals surface area contributed by atoms with Crippen molar-refractivity contribution in [2.75, 3.05) is 0 Å². The van der Waals surface area contributed by atoms with Gasteiger partial charge in [0.15, 0.2) is 0 Å². The average Bonchev–Trinajstić information content (AvgIpc) is 2.72. The highest BCUT2D eigenvalue weighted by molar-refractivity contribution is 6.15. The van der Waals surface area contributed by atoms with E-state index < -0.39 is 0 Å². The third-order valence-electron chi connectivity index (χ3n) is 4.79. The number of nitro benzene ring substituents is 1. The van der Waals surface area contributed by atoms with E-state index in [4.69, 9.17) is 4.84 Å². The molecule has 0 amide bonds. The van der Waals surface area contributed by atoms with Crippen molar-refractivity contribution in [1.29, 1.82) is 0 Å². The monoisotopic (exact) mass is 368 g/mol. The van der Waals surface area contributed by atoms with Gasteiger partial charge in [-0.1, -0.05) is 42.5 Å². The van der Waals surface area contributed by atoms with Crippen molar-refractivity contribution in [3.05, 3.63) is 95.6 Å². The molecule has 0 N–H and O–H groups in total. The molecule has 0 unspecified atom stereocenters. The molecule has 5 aromatic rings. The number of nitro groups is 1. The summed E-state index contributed by atoms with van der Waals surface area (Å²) in [5, 5.41) is 16.4. The van der Waals surface area contributed by atoms with Gasteiger partial charge in [0.05, 0.1) is 28.1 Å². The second-order valence-corrected chi connectivity index (χ2v) is 6.42. The molecule has 0 bridgehead atoms. The highest BCUT2D eigenvalue weighted by atomic mass is 16.7. The van der Waals surface area contributed by atoms with Crippen molar-refractivity contribution < 1.29 is 14.5 Å². The van der Waals surface area contributed by atoms with E-state index in [0.717, 1.165) is 16.2 Å². The average molecular weight is 368 g/mol. The molecule has 1 heterocycles. The Morgan fingerprint density at radius 2 is 1.43 bits per heavy atom. The first-order chi connectivity index (χ1) is 13.7. The molecule has 0 aliphatic carbocycles. The standard InChI is InChI=1S/C22H14N3O3/c26-25(27)21-17-7-3-1-5-15(17)14-20-19(21)13-16-6-2-4-8-18(16)22(20)28-24-11-9-23-10-12-24/h1-14H/q+1. The Morgan fingerprint density at radius 1 is 0.821 bits per heavy atom. The van der Waals surface area contributed by atoms with Gasteiger partial charge in [0.2, 0.25) is 18.1 Å². The van der Waals surface area contributed by atoms with Crippen LogP contribution in [0.15, 0.2) is 85.5 Å². The number of hydrogen-bond acceptors (Lipinski definition) is 4. The number of hydrogen-bond donors (Lipinski definition) is 0. The maximum Gasteiger partial charge on any atom is 0.285 e. The van der Waals surface area contributed by atoms with Gasteiger partial charge in [-0.15, -0.1) is 0 Å². The Balaban J connectivity index is 1.96. The summed E-state index contributed by atoms with van der Waals surface area (Å²) in [5.74, 6) is 0.568. The van der Waals surface area contributed by atoms with Gasteiger partial charge in [-0.25, -0.2) is 4.84 Å². The molecule has 28 heavy (non-hydrogen) atoms. The van der Waals surface area contributed by atoms with Crippen molar-refractivity contribution in [2.45, 2.75) is 0 Å². The van der Waals surface area contributed by atoms with E-state index >= 15 is 0 Å². The van der Waals surface area contributed by atoms with E-state index in [2.05, 4.69) is 4.98 Å². The molecular weight excluding hydrogens is 354 g/mol. The van der Waals surface area contributed by atoms with Gasteiger partial charge >= 0.3 is 0 Å². The van der Waals surface area contributed by atoms with Gasteiger partial charge in [-0.2, -0.15) is 0 Å². The molecule has 134 valence electrons. The molecule has 0 radical (unpaired) electrons. The normalized spacial score (nSPS) is 11.1. The largest absolute Gasteiger partial charge is 0.285 e. The summed E-state index contributed by atoms with van der Waals surface area (Å²) < 4.78 is 1.54. The lowest BCUT2D eigenvalue weighted by Gasteiger charge is -2.10. The van der Waals surface area contributed by atoms with E-state index in [1.54, 1.807) is 30.9 Å². The zero-order chi connectivity index (χ0) is 19.1. The minimum Gasteiger partial charge on any atom is -0.258 e. The Labute approximate surface area is 159 Å². The lowest BCUT2D eigenvalue weighted by atomic mass is 9.97. The summed E-state index contributed by atoms with van der Waals surface area (Å²) in [4.78, 5) is 21.8. The summed E-state index contributed by atoms with van der Waals surface area (Å²) in [6.07, 6.45) is 6.60. The Morgan fingerprint density at radius 3 is 2.14 bits per heavy atom. The number of rotatable bonds is 3. The Bertz CT molecular complexity index is 1370. The van der Waals surface area contributed by atoms with Gasteiger partial charge in [0, 0.05) is 15.5 Å². The van der Waals surface area contributed by atoms with Crippen LogP contribution in [0.25, 0.3) is 32.3 Å². The fourth-order valence-corrected chi connectivity index (χ4v) is 3.58.